The minimum absolute atomic E-state index is 0.193. The molecule has 0 unspecified atom stereocenters. The second kappa shape index (κ2) is 26.4. The highest BCUT2D eigenvalue weighted by Crippen LogP contribution is 2.35. The van der Waals surface area contributed by atoms with Gasteiger partial charge in [0.25, 0.3) is 0 Å². The van der Waals surface area contributed by atoms with Crippen LogP contribution in [0.4, 0.5) is 4.79 Å². The normalized spacial score (nSPS) is 31.4. The first-order chi connectivity index (χ1) is 30.2. The molecule has 0 saturated carbocycles. The maximum Gasteiger partial charge on any atom is 0.407 e. The van der Waals surface area contributed by atoms with Gasteiger partial charge in [-0.1, -0.05) is 100 Å². The number of aromatic nitrogens is 1. The van der Waals surface area contributed by atoms with E-state index in [1.54, 1.807) is 50.5 Å². The molecule has 3 heterocycles. The van der Waals surface area contributed by atoms with Crippen LogP contribution in [0.3, 0.4) is 0 Å². The number of aliphatic hydroxyl groups excluding tert-OH is 6. The van der Waals surface area contributed by atoms with Gasteiger partial charge in [0.05, 0.1) is 37.2 Å². The van der Waals surface area contributed by atoms with Gasteiger partial charge >= 0.3 is 12.1 Å². The molecule has 7 N–H and O–H groups in total. The Morgan fingerprint density at radius 2 is 1.70 bits per heavy atom. The minimum Gasteiger partial charge on any atom is -0.452 e. The molecule has 0 radical (unpaired) electrons. The molecular weight excluding hydrogens is 845 g/mol. The fraction of sp³-hybridized carbons (Fsp3) is 0.604. The maximum absolute atomic E-state index is 13.9. The summed E-state index contributed by atoms with van der Waals surface area (Å²) in [6.45, 7) is 15.9. The fourth-order valence-corrected chi connectivity index (χ4v) is 8.24. The molecule has 1 amide bonds. The van der Waals surface area contributed by atoms with Gasteiger partial charge in [-0.3, -0.25) is 0 Å². The van der Waals surface area contributed by atoms with E-state index >= 15 is 0 Å². The number of alkyl carbamates (subject to hydrolysis) is 1. The fourth-order valence-electron chi connectivity index (χ4n) is 7.35. The Morgan fingerprint density at radius 3 is 2.33 bits per heavy atom. The highest BCUT2D eigenvalue weighted by atomic mass is 32.1. The molecule has 13 atom stereocenters. The molecule has 15 nitrogen and oxygen atoms in total. The zero-order chi connectivity index (χ0) is 47.8. The van der Waals surface area contributed by atoms with Gasteiger partial charge in [-0.2, -0.15) is 0 Å². The first-order valence-corrected chi connectivity index (χ1v) is 22.7. The van der Waals surface area contributed by atoms with E-state index < -0.39 is 85.8 Å². The number of ether oxygens (including phenoxy) is 5. The number of esters is 1. The van der Waals surface area contributed by atoms with E-state index in [2.05, 4.69) is 5.32 Å². The van der Waals surface area contributed by atoms with E-state index in [1.807, 2.05) is 79.0 Å². The van der Waals surface area contributed by atoms with Gasteiger partial charge in [-0.25, -0.2) is 14.6 Å². The third-order valence-electron chi connectivity index (χ3n) is 11.2. The molecule has 1 aromatic rings. The first kappa shape index (κ1) is 54.5. The number of aliphatic hydroxyl groups is 6. The van der Waals surface area contributed by atoms with Crippen LogP contribution in [-0.2, 0) is 28.5 Å². The lowest BCUT2D eigenvalue weighted by Gasteiger charge is -2.41. The van der Waals surface area contributed by atoms with Gasteiger partial charge in [0.1, 0.15) is 29.4 Å². The number of methoxy groups -OCH3 is 1. The second-order valence-corrected chi connectivity index (χ2v) is 18.2. The summed E-state index contributed by atoms with van der Waals surface area (Å²) in [6, 6.07) is 0. The van der Waals surface area contributed by atoms with Gasteiger partial charge in [-0.05, 0) is 57.6 Å². The second-order valence-electron chi connectivity index (χ2n) is 17.3. The highest BCUT2D eigenvalue weighted by Gasteiger charge is 2.45. The number of allylic oxidation sites excluding steroid dienone is 6. The standard InChI is InChI=1S/C48H72N2O13S/c1-26(2)19-38(62-48(58)49-10)45-50-35(25-64-45)44-30(6)14-12-13-29(5)43(59-11)33(9)36(53)18-16-27(3)20-34(23-51)22-32(8)37(21-28(4)15-17-31(7)46(57)63-44)60-47-42(56)41(55)40(54)39(24-52)61-47/h12-14,16-18,20-22,25-26,30,32-33,36-44,47,51-56H,15,19,23-24H2,1-11H3,(H,49,58)/t30-,32-,33-,36+,37+,38-,39+,40+,41-,42+,43+,44-,47+/m0/s1. The van der Waals surface area contributed by atoms with Gasteiger partial charge in [0.2, 0.25) is 0 Å². The Bertz CT molecular complexity index is 1880. The van der Waals surface area contributed by atoms with Crippen LogP contribution in [0.5, 0.6) is 0 Å². The number of amides is 1. The van der Waals surface area contributed by atoms with Crippen LogP contribution >= 0.6 is 11.3 Å². The van der Waals surface area contributed by atoms with E-state index in [0.29, 0.717) is 28.3 Å². The molecule has 0 bridgehead atoms. The Hall–Kier alpha value is -3.81. The maximum atomic E-state index is 13.9. The molecule has 16 heteroatoms. The number of nitrogens with one attached hydrogen (secondary N) is 1. The number of carbonyl (C=O) groups is 2. The molecule has 2 aliphatic rings. The summed E-state index contributed by atoms with van der Waals surface area (Å²) in [5.41, 5.74) is 3.69. The van der Waals surface area contributed by atoms with Crippen LogP contribution in [0.1, 0.15) is 98.1 Å². The summed E-state index contributed by atoms with van der Waals surface area (Å²) in [6.07, 6.45) is 5.24. The molecule has 3 rings (SSSR count). The average Bonchev–Trinajstić information content (AvgIpc) is 3.75. The van der Waals surface area contributed by atoms with Crippen molar-refractivity contribution in [1.29, 1.82) is 0 Å². The number of nitrogens with zero attached hydrogens (tertiary/aromatic N) is 1. The summed E-state index contributed by atoms with van der Waals surface area (Å²) < 4.78 is 29.7. The quantitative estimate of drug-likeness (QED) is 0.108. The summed E-state index contributed by atoms with van der Waals surface area (Å²) in [5, 5.41) is 68.1. The molecule has 1 aromatic heterocycles. The molecule has 2 aliphatic heterocycles. The van der Waals surface area contributed by atoms with E-state index in [1.165, 1.54) is 18.4 Å². The Kier molecular flexibility index (Phi) is 22.5. The average molecular weight is 917 g/mol. The lowest BCUT2D eigenvalue weighted by Crippen LogP contribution is -2.59. The first-order valence-electron chi connectivity index (χ1n) is 21.8. The summed E-state index contributed by atoms with van der Waals surface area (Å²) >= 11 is 1.32. The molecule has 0 aromatic carbocycles. The number of carbonyl (C=O) groups excluding carboxylic acids is 2. The summed E-state index contributed by atoms with van der Waals surface area (Å²) in [4.78, 5) is 31.0. The molecule has 358 valence electrons. The van der Waals surface area contributed by atoms with Crippen molar-refractivity contribution >= 4 is 23.4 Å². The van der Waals surface area contributed by atoms with Crippen LogP contribution in [0, 0.1) is 23.7 Å². The predicted octanol–water partition coefficient (Wildman–Crippen LogP) is 5.86. The molecule has 64 heavy (non-hydrogen) atoms. The van der Waals surface area contributed by atoms with Crippen molar-refractivity contribution in [2.45, 2.75) is 136 Å². The predicted molar refractivity (Wildman–Crippen MR) is 245 cm³/mol. The SMILES string of the molecule is CNC(=O)O[C@@H](CC(C)C)c1nc([C@H]2OC(=O)C(C)=CCC(C)=C[C@@H](O[C@@H]3O[C@H](CO)[C@@H](O)[C@H](O)[C@H]3O)[C@@H](C)C=C(CO)C=C(C)C=C[C@@H](O)[C@H](C)[C@H](OC)C(C)=CC=C[C@@H]2C)cs1. The lowest BCUT2D eigenvalue weighted by atomic mass is 9.91. The zero-order valence-corrected chi connectivity index (χ0v) is 39.9. The van der Waals surface area contributed by atoms with E-state index in [-0.39, 0.29) is 30.8 Å². The monoisotopic (exact) mass is 916 g/mol. The number of hydrogen-bond donors (Lipinski definition) is 7. The van der Waals surface area contributed by atoms with Crippen LogP contribution < -0.4 is 5.32 Å². The Labute approximate surface area is 382 Å². The molecule has 0 spiro atoms. The highest BCUT2D eigenvalue weighted by molar-refractivity contribution is 7.09. The minimum atomic E-state index is -1.66. The number of cyclic esters (lactones) is 1. The number of hydrogen-bond acceptors (Lipinski definition) is 15. The Balaban J connectivity index is 2.15. The van der Waals surface area contributed by atoms with Crippen molar-refractivity contribution in [1.82, 2.24) is 10.3 Å². The van der Waals surface area contributed by atoms with Crippen molar-refractivity contribution in [2.24, 2.45) is 23.7 Å². The third kappa shape index (κ3) is 16.0. The van der Waals surface area contributed by atoms with Crippen molar-refractivity contribution < 1.29 is 63.9 Å². The summed E-state index contributed by atoms with van der Waals surface area (Å²) in [5.74, 6) is -1.62. The van der Waals surface area contributed by atoms with Crippen molar-refractivity contribution in [2.75, 3.05) is 27.4 Å². The van der Waals surface area contributed by atoms with Gasteiger partial charge < -0.3 is 59.6 Å². The Morgan fingerprint density at radius 1 is 1.00 bits per heavy atom. The van der Waals surface area contributed by atoms with Gasteiger partial charge in [0.15, 0.2) is 18.5 Å². The van der Waals surface area contributed by atoms with Crippen molar-refractivity contribution in [3.8, 4) is 0 Å². The zero-order valence-electron chi connectivity index (χ0n) is 39.1. The molecule has 1 fully saturated rings. The third-order valence-corrected chi connectivity index (χ3v) is 12.2. The van der Waals surface area contributed by atoms with Crippen LogP contribution in [0.2, 0.25) is 0 Å². The van der Waals surface area contributed by atoms with Crippen LogP contribution in [0.25, 0.3) is 0 Å². The van der Waals surface area contributed by atoms with E-state index in [9.17, 15) is 40.2 Å². The number of thiazole rings is 1. The van der Waals surface area contributed by atoms with Gasteiger partial charge in [-0.15, -0.1) is 11.3 Å². The van der Waals surface area contributed by atoms with E-state index in [0.717, 1.165) is 16.7 Å². The molecule has 1 saturated heterocycles. The van der Waals surface area contributed by atoms with Crippen LogP contribution in [-0.4, -0.2) is 124 Å². The van der Waals surface area contributed by atoms with Gasteiger partial charge in [0, 0.05) is 42.9 Å². The number of rotatable bonds is 10. The molecule has 0 aliphatic carbocycles. The smallest absolute Gasteiger partial charge is 0.407 e. The molecular formula is C48H72N2O13S. The van der Waals surface area contributed by atoms with Crippen molar-refractivity contribution in [3.05, 3.63) is 98.6 Å². The van der Waals surface area contributed by atoms with Crippen molar-refractivity contribution in [3.63, 3.8) is 0 Å². The van der Waals surface area contributed by atoms with E-state index in [4.69, 9.17) is 28.7 Å². The topological polar surface area (TPSA) is 227 Å². The van der Waals surface area contributed by atoms with Crippen LogP contribution in [0.15, 0.2) is 87.9 Å². The largest absolute Gasteiger partial charge is 0.452 e. The summed E-state index contributed by atoms with van der Waals surface area (Å²) in [7, 11) is 3.07. The lowest BCUT2D eigenvalue weighted by molar-refractivity contribution is -0.309.